The molecule has 2 aliphatic heterocycles. The van der Waals surface area contributed by atoms with Crippen LogP contribution in [-0.2, 0) is 39.5 Å². The molecule has 1 spiro atoms. The van der Waals surface area contributed by atoms with Gasteiger partial charge >= 0.3 is 33.5 Å². The van der Waals surface area contributed by atoms with E-state index in [1.54, 1.807) is 0 Å². The Labute approximate surface area is 302 Å². The summed E-state index contributed by atoms with van der Waals surface area (Å²) in [5, 5.41) is 0. The summed E-state index contributed by atoms with van der Waals surface area (Å²) in [5.41, 5.74) is -12.1. The molecule has 2 heterocycles. The maximum absolute atomic E-state index is 15.8. The van der Waals surface area contributed by atoms with Crippen molar-refractivity contribution in [3.8, 4) is 23.0 Å². The van der Waals surface area contributed by atoms with Crippen LogP contribution < -0.4 is 12.0 Å². The highest BCUT2D eigenvalue weighted by Gasteiger charge is 2.57. The number of fused-ring (bicyclic) bond motifs is 6. The molecule has 0 saturated heterocycles. The summed E-state index contributed by atoms with van der Waals surface area (Å²) in [6, 6.07) is 3.40. The molecule has 3 aromatic carbocycles. The monoisotopic (exact) mass is 879 g/mol. The SMILES string of the molecule is CC.COC(=O)CN(CC(=O)OC)C(=O)c1ccc2c(c1)C(=O)OC21c2cc(F)c(OI)c(F)c2Oc2c1cc(F)c(OS(=O)(=O)C(F)(F)F)c2F. The Morgan fingerprint density at radius 2 is 1.35 bits per heavy atom. The zero-order valence-corrected chi connectivity index (χ0v) is 29.6. The van der Waals surface area contributed by atoms with Crippen LogP contribution in [0.3, 0.4) is 0 Å². The molecule has 1 atom stereocenters. The molecule has 0 aliphatic carbocycles. The second-order valence-corrected chi connectivity index (χ2v) is 12.0. The Hall–Kier alpha value is -4.87. The van der Waals surface area contributed by atoms with E-state index in [1.165, 1.54) is 0 Å². The van der Waals surface area contributed by atoms with Crippen LogP contribution in [0, 0.1) is 23.3 Å². The topological polar surface area (TPSA) is 161 Å². The van der Waals surface area contributed by atoms with Crippen LogP contribution >= 0.6 is 23.0 Å². The van der Waals surface area contributed by atoms with Gasteiger partial charge in [0.25, 0.3) is 5.91 Å². The first-order valence-electron chi connectivity index (χ1n) is 14.2. The van der Waals surface area contributed by atoms with Gasteiger partial charge in [-0.15, -0.1) is 0 Å². The number of methoxy groups -OCH3 is 2. The number of carbonyl (C=O) groups excluding carboxylic acids is 4. The number of carbonyl (C=O) groups is 4. The van der Waals surface area contributed by atoms with E-state index in [4.69, 9.17) is 9.47 Å². The van der Waals surface area contributed by atoms with E-state index in [-0.39, 0.29) is 6.07 Å². The van der Waals surface area contributed by atoms with Crippen molar-refractivity contribution in [2.45, 2.75) is 25.0 Å². The lowest BCUT2D eigenvalue weighted by atomic mass is 9.77. The van der Waals surface area contributed by atoms with Crippen molar-refractivity contribution < 1.29 is 84.5 Å². The number of amides is 1. The van der Waals surface area contributed by atoms with Crippen molar-refractivity contribution in [1.82, 2.24) is 4.90 Å². The van der Waals surface area contributed by atoms with Gasteiger partial charge in [0.15, 0.2) is 51.7 Å². The summed E-state index contributed by atoms with van der Waals surface area (Å²) >= 11 is 1.06. The second-order valence-electron chi connectivity index (χ2n) is 10.1. The van der Waals surface area contributed by atoms with Gasteiger partial charge in [0, 0.05) is 11.1 Å². The van der Waals surface area contributed by atoms with Crippen molar-refractivity contribution in [2.24, 2.45) is 0 Å². The fraction of sp³-hybridized carbons (Fsp3) is 0.267. The van der Waals surface area contributed by atoms with Crippen molar-refractivity contribution in [3.63, 3.8) is 0 Å². The lowest BCUT2D eigenvalue weighted by Gasteiger charge is -2.37. The molecule has 0 fully saturated rings. The van der Waals surface area contributed by atoms with Gasteiger partial charge < -0.3 is 31.1 Å². The van der Waals surface area contributed by atoms with Gasteiger partial charge in [0.05, 0.1) is 30.9 Å². The first-order chi connectivity index (χ1) is 24.3. The molecule has 1 amide bonds. The van der Waals surface area contributed by atoms with Gasteiger partial charge in [-0.25, -0.2) is 13.6 Å². The van der Waals surface area contributed by atoms with E-state index in [0.29, 0.717) is 11.0 Å². The maximum Gasteiger partial charge on any atom is 0.534 e. The highest BCUT2D eigenvalue weighted by atomic mass is 127. The van der Waals surface area contributed by atoms with Crippen LogP contribution in [0.1, 0.15) is 51.3 Å². The average molecular weight is 879 g/mol. The van der Waals surface area contributed by atoms with E-state index < -0.39 is 132 Å². The summed E-state index contributed by atoms with van der Waals surface area (Å²) in [6.07, 6.45) is 0. The number of alkyl halides is 3. The molecule has 1 unspecified atom stereocenters. The summed E-state index contributed by atoms with van der Waals surface area (Å²) < 4.78 is 152. The summed E-state index contributed by atoms with van der Waals surface area (Å²) in [6.45, 7) is 2.45. The molecular weight excluding hydrogens is 858 g/mol. The third kappa shape index (κ3) is 6.63. The number of hydrogen-bond acceptors (Lipinski definition) is 12. The van der Waals surface area contributed by atoms with Gasteiger partial charge in [0.2, 0.25) is 23.1 Å². The Balaban J connectivity index is 0.00000297. The standard InChI is InChI=1S/C28H15F7INO12S.C2H6/c1-44-17(38)8-37(9-18(39)45-2)25(40)10-3-4-12-11(5-10)26(41)47-27(12)13-6-15(29)23(48-36)19(31)21(13)46-22-14(27)7-16(30)24(20(22)32)49-50(42,43)28(33,34)35;1-2/h3-7H,8-9H2,1-2H3;1-2H3. The molecule has 5 rings (SSSR count). The van der Waals surface area contributed by atoms with Crippen LogP contribution in [0.25, 0.3) is 0 Å². The minimum Gasteiger partial charge on any atom is -0.468 e. The molecule has 2 aliphatic rings. The highest BCUT2D eigenvalue weighted by Crippen LogP contribution is 2.59. The predicted octanol–water partition coefficient (Wildman–Crippen LogP) is 5.58. The minimum atomic E-state index is -6.69. The van der Waals surface area contributed by atoms with Crippen LogP contribution in [-0.4, -0.2) is 70.0 Å². The number of nitrogens with zero attached hydrogens (tertiary/aromatic N) is 1. The Morgan fingerprint density at radius 3 is 1.83 bits per heavy atom. The smallest absolute Gasteiger partial charge is 0.468 e. The lowest BCUT2D eigenvalue weighted by Crippen LogP contribution is -2.40. The third-order valence-electron chi connectivity index (χ3n) is 7.27. The van der Waals surface area contributed by atoms with Gasteiger partial charge in [-0.1, -0.05) is 19.9 Å². The van der Waals surface area contributed by atoms with Crippen molar-refractivity contribution in [2.75, 3.05) is 27.3 Å². The third-order valence-corrected chi connectivity index (χ3v) is 8.67. The lowest BCUT2D eigenvalue weighted by molar-refractivity contribution is -0.144. The largest absolute Gasteiger partial charge is 0.534 e. The zero-order valence-electron chi connectivity index (χ0n) is 26.6. The molecule has 280 valence electrons. The predicted molar refractivity (Wildman–Crippen MR) is 166 cm³/mol. The van der Waals surface area contributed by atoms with Gasteiger partial charge in [-0.2, -0.15) is 30.4 Å². The number of rotatable bonds is 8. The van der Waals surface area contributed by atoms with E-state index in [2.05, 4.69) is 16.7 Å². The molecule has 0 bridgehead atoms. The fourth-order valence-corrected chi connectivity index (χ4v) is 5.94. The Morgan fingerprint density at radius 1 is 0.846 bits per heavy atom. The van der Waals surface area contributed by atoms with Crippen molar-refractivity contribution in [1.29, 1.82) is 0 Å². The number of hydrogen-bond donors (Lipinski definition) is 0. The fourth-order valence-electron chi connectivity index (χ4n) is 5.07. The summed E-state index contributed by atoms with van der Waals surface area (Å²) in [5.74, 6) is -17.9. The Bertz CT molecular complexity index is 2090. The van der Waals surface area contributed by atoms with Crippen LogP contribution in [0.2, 0.25) is 0 Å². The van der Waals surface area contributed by atoms with Gasteiger partial charge in [-0.3, -0.25) is 14.4 Å². The maximum atomic E-state index is 15.8. The molecule has 0 aromatic heterocycles. The van der Waals surface area contributed by atoms with Crippen molar-refractivity contribution in [3.05, 3.63) is 81.4 Å². The quantitative estimate of drug-likeness (QED) is 0.0691. The first-order valence-corrected chi connectivity index (χ1v) is 16.4. The molecular formula is C30H21F7INO12S. The van der Waals surface area contributed by atoms with E-state index in [9.17, 15) is 40.8 Å². The van der Waals surface area contributed by atoms with Crippen LogP contribution in [0.15, 0.2) is 30.3 Å². The highest BCUT2D eigenvalue weighted by molar-refractivity contribution is 14.1. The molecule has 0 radical (unpaired) electrons. The number of ether oxygens (including phenoxy) is 4. The molecule has 3 aromatic rings. The number of benzene rings is 3. The second kappa shape index (κ2) is 14.6. The van der Waals surface area contributed by atoms with E-state index in [1.807, 2.05) is 13.8 Å². The molecule has 52 heavy (non-hydrogen) atoms. The van der Waals surface area contributed by atoms with Crippen molar-refractivity contribution >= 4 is 56.9 Å². The van der Waals surface area contributed by atoms with E-state index >= 15 is 17.6 Å². The Kier molecular flexibility index (Phi) is 11.2. The van der Waals surface area contributed by atoms with Crippen LogP contribution in [0.4, 0.5) is 30.7 Å². The minimum absolute atomic E-state index is 0.150. The number of esters is 3. The summed E-state index contributed by atoms with van der Waals surface area (Å²) in [4.78, 5) is 51.3. The molecule has 22 heteroatoms. The number of halogens is 8. The zero-order chi connectivity index (χ0) is 39.1. The average Bonchev–Trinajstić information content (AvgIpc) is 3.39. The van der Waals surface area contributed by atoms with Gasteiger partial charge in [-0.05, 0) is 24.3 Å². The van der Waals surface area contributed by atoms with Gasteiger partial charge in [0.1, 0.15) is 13.1 Å². The van der Waals surface area contributed by atoms with Crippen LogP contribution in [0.5, 0.6) is 23.0 Å². The van der Waals surface area contributed by atoms with E-state index in [0.717, 1.165) is 55.4 Å². The molecule has 0 N–H and O–H groups in total. The molecule has 13 nitrogen and oxygen atoms in total. The first kappa shape index (κ1) is 39.9. The summed E-state index contributed by atoms with van der Waals surface area (Å²) in [7, 11) is -4.70. The molecule has 0 saturated carbocycles. The normalized spacial score (nSPS) is 15.5.